The fourth-order valence-corrected chi connectivity index (χ4v) is 4.87. The third kappa shape index (κ3) is 4.73. The number of carbonyl (C=O) groups excluding carboxylic acids is 1. The predicted octanol–water partition coefficient (Wildman–Crippen LogP) is 5.56. The largest absolute Gasteiger partial charge is 0.497 e. The Balaban J connectivity index is 2.07. The van der Waals surface area contributed by atoms with Gasteiger partial charge >= 0.3 is 18.0 Å². The van der Waals surface area contributed by atoms with Gasteiger partial charge in [-0.2, -0.15) is 31.6 Å². The van der Waals surface area contributed by atoms with Crippen LogP contribution in [0.4, 0.5) is 31.3 Å². The molecule has 3 rings (SSSR count). The summed E-state index contributed by atoms with van der Waals surface area (Å²) in [4.78, 5) is 13.1. The summed E-state index contributed by atoms with van der Waals surface area (Å²) in [5.74, 6) is -1.34. The Kier molecular flexibility index (Phi) is 6.83. The summed E-state index contributed by atoms with van der Waals surface area (Å²) in [6, 6.07) is 6.29. The molecule has 0 saturated heterocycles. The van der Waals surface area contributed by atoms with Gasteiger partial charge in [0.05, 0.1) is 12.7 Å². The van der Waals surface area contributed by atoms with Gasteiger partial charge in [-0.05, 0) is 55.5 Å². The first-order valence-corrected chi connectivity index (χ1v) is 10.7. The van der Waals surface area contributed by atoms with Gasteiger partial charge in [0.1, 0.15) is 16.8 Å². The first kappa shape index (κ1) is 24.7. The van der Waals surface area contributed by atoms with Gasteiger partial charge in [0.2, 0.25) is 0 Å². The second kappa shape index (κ2) is 9.13. The fraction of sp³-hybridized carbons (Fsp3) is 0.429. The maximum Gasteiger partial charge on any atom is 0.439 e. The first-order valence-electron chi connectivity index (χ1n) is 9.86. The van der Waals surface area contributed by atoms with E-state index in [1.807, 2.05) is 0 Å². The van der Waals surface area contributed by atoms with Gasteiger partial charge in [-0.1, -0.05) is 6.42 Å². The Labute approximate surface area is 189 Å². The van der Waals surface area contributed by atoms with Gasteiger partial charge in [0, 0.05) is 10.4 Å². The molecule has 1 amide bonds. The molecule has 0 atom stereocenters. The first-order chi connectivity index (χ1) is 15.4. The molecule has 0 saturated carbocycles. The van der Waals surface area contributed by atoms with Crippen molar-refractivity contribution in [2.24, 2.45) is 0 Å². The van der Waals surface area contributed by atoms with E-state index in [-0.39, 0.29) is 11.3 Å². The van der Waals surface area contributed by atoms with E-state index in [1.165, 1.54) is 24.6 Å². The number of rotatable bonds is 5. The zero-order valence-corrected chi connectivity index (χ0v) is 18.1. The van der Waals surface area contributed by atoms with Crippen LogP contribution in [-0.4, -0.2) is 31.0 Å². The highest BCUT2D eigenvalue weighted by molar-refractivity contribution is 7.16. The predicted molar refractivity (Wildman–Crippen MR) is 109 cm³/mol. The van der Waals surface area contributed by atoms with Gasteiger partial charge in [0.25, 0.3) is 5.91 Å². The molecule has 178 valence electrons. The van der Waals surface area contributed by atoms with Gasteiger partial charge in [0.15, 0.2) is 0 Å². The number of fused-ring (bicyclic) bond motifs is 1. The van der Waals surface area contributed by atoms with E-state index >= 15 is 0 Å². The number of alkyl halides is 6. The summed E-state index contributed by atoms with van der Waals surface area (Å²) in [6.07, 6.45) is -8.88. The zero-order chi connectivity index (χ0) is 24.4. The number of aryl methyl sites for hydroxylation is 1. The van der Waals surface area contributed by atoms with Crippen molar-refractivity contribution >= 4 is 22.2 Å². The number of thiophene rings is 1. The number of carbonyl (C=O) groups is 1. The van der Waals surface area contributed by atoms with Crippen LogP contribution >= 0.6 is 11.3 Å². The smallest absolute Gasteiger partial charge is 0.439 e. The molecule has 2 aromatic rings. The Bertz CT molecular complexity index is 1040. The minimum atomic E-state index is -5.98. The van der Waals surface area contributed by atoms with E-state index in [2.05, 4.69) is 0 Å². The molecule has 0 unspecified atom stereocenters. The number of benzene rings is 1. The van der Waals surface area contributed by atoms with E-state index in [4.69, 9.17) is 4.74 Å². The molecular weight excluding hydrogens is 472 g/mol. The number of hydrogen-bond donors (Lipinski definition) is 2. The summed E-state index contributed by atoms with van der Waals surface area (Å²) in [5.41, 5.74) is -5.04. The number of nitrogens with one attached hydrogen (secondary N) is 2. The Morgan fingerprint density at radius 3 is 2.18 bits per heavy atom. The van der Waals surface area contributed by atoms with Crippen molar-refractivity contribution in [1.29, 1.82) is 5.26 Å². The van der Waals surface area contributed by atoms with Gasteiger partial charge in [-0.15, -0.1) is 11.3 Å². The van der Waals surface area contributed by atoms with Gasteiger partial charge in [-0.25, -0.2) is 0 Å². The molecule has 2 N–H and O–H groups in total. The lowest BCUT2D eigenvalue weighted by molar-refractivity contribution is -0.293. The maximum atomic E-state index is 14.0. The summed E-state index contributed by atoms with van der Waals surface area (Å²) in [6.45, 7) is 0. The Hall–Kier alpha value is -2.94. The summed E-state index contributed by atoms with van der Waals surface area (Å²) < 4.78 is 89.1. The summed E-state index contributed by atoms with van der Waals surface area (Å²) >= 11 is 0.685. The van der Waals surface area contributed by atoms with E-state index in [1.54, 1.807) is 6.07 Å². The van der Waals surface area contributed by atoms with E-state index in [9.17, 15) is 36.4 Å². The zero-order valence-electron chi connectivity index (χ0n) is 17.3. The van der Waals surface area contributed by atoms with E-state index in [0.29, 0.717) is 41.0 Å². The third-order valence-corrected chi connectivity index (χ3v) is 6.55. The van der Waals surface area contributed by atoms with E-state index in [0.717, 1.165) is 30.3 Å². The van der Waals surface area contributed by atoms with Crippen molar-refractivity contribution in [1.82, 2.24) is 5.32 Å². The fourth-order valence-electron chi connectivity index (χ4n) is 3.58. The number of nitriles is 1. The van der Waals surface area contributed by atoms with Crippen LogP contribution in [0.25, 0.3) is 0 Å². The molecule has 0 aliphatic heterocycles. The van der Waals surface area contributed by atoms with E-state index < -0.39 is 34.5 Å². The van der Waals surface area contributed by atoms with Crippen molar-refractivity contribution in [3.05, 3.63) is 45.8 Å². The molecule has 1 aromatic heterocycles. The normalized spacial score (nSPS) is 14.6. The molecule has 0 radical (unpaired) electrons. The quantitative estimate of drug-likeness (QED) is 0.326. The molecule has 1 heterocycles. The molecule has 1 aliphatic rings. The van der Waals surface area contributed by atoms with Crippen LogP contribution in [0.2, 0.25) is 0 Å². The lowest BCUT2D eigenvalue weighted by atomic mass is 10.0. The van der Waals surface area contributed by atoms with Crippen LogP contribution < -0.4 is 15.4 Å². The van der Waals surface area contributed by atoms with Crippen molar-refractivity contribution in [2.45, 2.75) is 50.1 Å². The molecular formula is C21H19F6N3O2S. The number of amides is 1. The second-order valence-electron chi connectivity index (χ2n) is 7.43. The van der Waals surface area contributed by atoms with Crippen molar-refractivity contribution in [3.63, 3.8) is 0 Å². The highest BCUT2D eigenvalue weighted by Gasteiger charge is 2.73. The highest BCUT2D eigenvalue weighted by Crippen LogP contribution is 2.47. The molecule has 0 bridgehead atoms. The minimum Gasteiger partial charge on any atom is -0.497 e. The number of methoxy groups -OCH3 is 1. The SMILES string of the molecule is COc1ccc(C(=O)NC(Nc2sc3c(c2C#N)CCCCC3)(C(F)(F)F)C(F)(F)F)cc1. The van der Waals surface area contributed by atoms with Crippen LogP contribution in [0.3, 0.4) is 0 Å². The minimum absolute atomic E-state index is 0.256. The van der Waals surface area contributed by atoms with Crippen LogP contribution in [-0.2, 0) is 12.8 Å². The number of halogens is 6. The number of anilines is 1. The van der Waals surface area contributed by atoms with Crippen LogP contribution in [0.5, 0.6) is 5.75 Å². The third-order valence-electron chi connectivity index (χ3n) is 5.34. The van der Waals surface area contributed by atoms with Gasteiger partial charge in [-0.3, -0.25) is 4.79 Å². The van der Waals surface area contributed by atoms with Crippen LogP contribution in [0.15, 0.2) is 24.3 Å². The maximum absolute atomic E-state index is 14.0. The molecule has 0 fully saturated rings. The molecule has 33 heavy (non-hydrogen) atoms. The molecule has 12 heteroatoms. The number of nitrogens with zero attached hydrogens (tertiary/aromatic N) is 1. The molecule has 0 spiro atoms. The highest BCUT2D eigenvalue weighted by atomic mass is 32.1. The average molecular weight is 491 g/mol. The standard InChI is InChI=1S/C21H19F6N3O2S/c1-32-13-9-7-12(8-10-13)17(31)29-19(20(22,23)24,21(25,26)27)30-18-15(11-28)14-5-3-2-4-6-16(14)33-18/h7-10,30H,2-6H2,1H3,(H,29,31). The molecule has 5 nitrogen and oxygen atoms in total. The van der Waals surface area contributed by atoms with Crippen LogP contribution in [0.1, 0.15) is 45.6 Å². The van der Waals surface area contributed by atoms with Crippen molar-refractivity contribution in [2.75, 3.05) is 12.4 Å². The second-order valence-corrected chi connectivity index (χ2v) is 8.54. The average Bonchev–Trinajstić information content (AvgIpc) is 2.90. The summed E-state index contributed by atoms with van der Waals surface area (Å²) in [5, 5.41) is 11.5. The van der Waals surface area contributed by atoms with Crippen molar-refractivity contribution < 1.29 is 35.9 Å². The summed E-state index contributed by atoms with van der Waals surface area (Å²) in [7, 11) is 1.31. The number of ether oxygens (including phenoxy) is 1. The monoisotopic (exact) mass is 491 g/mol. The molecule has 1 aliphatic carbocycles. The topological polar surface area (TPSA) is 74.2 Å². The Morgan fingerprint density at radius 1 is 1.03 bits per heavy atom. The lowest BCUT2D eigenvalue weighted by Crippen LogP contribution is -2.72. The van der Waals surface area contributed by atoms with Crippen molar-refractivity contribution in [3.8, 4) is 11.8 Å². The lowest BCUT2D eigenvalue weighted by Gasteiger charge is -2.38. The molecule has 1 aromatic carbocycles. The van der Waals surface area contributed by atoms with Crippen LogP contribution in [0, 0.1) is 11.3 Å². The number of hydrogen-bond acceptors (Lipinski definition) is 5. The van der Waals surface area contributed by atoms with Gasteiger partial charge < -0.3 is 15.4 Å². The Morgan fingerprint density at radius 2 is 1.64 bits per heavy atom.